The van der Waals surface area contributed by atoms with Crippen molar-refractivity contribution in [2.75, 3.05) is 26.2 Å². The van der Waals surface area contributed by atoms with E-state index in [1.165, 1.54) is 0 Å². The van der Waals surface area contributed by atoms with E-state index in [4.69, 9.17) is 11.6 Å². The molecule has 1 aromatic carbocycles. The molecule has 0 radical (unpaired) electrons. The van der Waals surface area contributed by atoms with Crippen molar-refractivity contribution in [2.24, 2.45) is 5.92 Å². The molecule has 2 N–H and O–H groups in total. The Bertz CT molecular complexity index is 484. The number of halogens is 1. The van der Waals surface area contributed by atoms with Gasteiger partial charge in [-0.25, -0.2) is 0 Å². The van der Waals surface area contributed by atoms with E-state index in [0.29, 0.717) is 11.6 Å². The lowest BCUT2D eigenvalue weighted by Gasteiger charge is -2.34. The highest BCUT2D eigenvalue weighted by Gasteiger charge is 2.26. The van der Waals surface area contributed by atoms with Crippen LogP contribution in [0.3, 0.4) is 0 Å². The molecule has 0 spiro atoms. The third-order valence-corrected chi connectivity index (χ3v) is 4.76. The lowest BCUT2D eigenvalue weighted by molar-refractivity contribution is -0.122. The fourth-order valence-electron chi connectivity index (χ4n) is 3.02. The molecule has 0 aromatic heterocycles. The number of carbonyl (C=O) groups is 1. The first-order valence-corrected chi connectivity index (χ1v) is 8.90. The molecular formula is C18H27ClN2O2. The SMILES string of the molecule is CCCCNC(=O)CN1CCC(C(O)c2ccc(Cl)cc2)CC1. The Morgan fingerprint density at radius 3 is 2.61 bits per heavy atom. The van der Waals surface area contributed by atoms with Crippen LogP contribution in [0.1, 0.15) is 44.3 Å². The van der Waals surface area contributed by atoms with Crippen LogP contribution in [-0.2, 0) is 4.79 Å². The van der Waals surface area contributed by atoms with Crippen LogP contribution in [0.15, 0.2) is 24.3 Å². The average molecular weight is 339 g/mol. The van der Waals surface area contributed by atoms with Crippen molar-refractivity contribution in [2.45, 2.75) is 38.7 Å². The molecule has 0 bridgehead atoms. The Balaban J connectivity index is 1.75. The van der Waals surface area contributed by atoms with Crippen molar-refractivity contribution in [3.05, 3.63) is 34.9 Å². The molecule has 1 aliphatic heterocycles. The number of rotatable bonds is 7. The molecule has 1 aliphatic rings. The molecular weight excluding hydrogens is 312 g/mol. The first-order valence-electron chi connectivity index (χ1n) is 8.52. The molecule has 128 valence electrons. The Morgan fingerprint density at radius 1 is 1.35 bits per heavy atom. The van der Waals surface area contributed by atoms with Gasteiger partial charge in [-0.2, -0.15) is 0 Å². The van der Waals surface area contributed by atoms with Gasteiger partial charge in [0.15, 0.2) is 0 Å². The van der Waals surface area contributed by atoms with Crippen molar-refractivity contribution in [3.8, 4) is 0 Å². The number of nitrogens with one attached hydrogen (secondary N) is 1. The summed E-state index contributed by atoms with van der Waals surface area (Å²) in [7, 11) is 0. The van der Waals surface area contributed by atoms with Gasteiger partial charge in [0.25, 0.3) is 0 Å². The van der Waals surface area contributed by atoms with Gasteiger partial charge in [-0.05, 0) is 56.0 Å². The van der Waals surface area contributed by atoms with Crippen molar-refractivity contribution >= 4 is 17.5 Å². The Kier molecular flexibility index (Phi) is 7.34. The minimum atomic E-state index is -0.451. The minimum absolute atomic E-state index is 0.107. The lowest BCUT2D eigenvalue weighted by atomic mass is 9.87. The molecule has 1 unspecified atom stereocenters. The number of piperidine rings is 1. The number of hydrogen-bond donors (Lipinski definition) is 2. The van der Waals surface area contributed by atoms with Crippen LogP contribution < -0.4 is 5.32 Å². The van der Waals surface area contributed by atoms with E-state index in [1.807, 2.05) is 24.3 Å². The van der Waals surface area contributed by atoms with Gasteiger partial charge in [-0.3, -0.25) is 9.69 Å². The number of benzene rings is 1. The smallest absolute Gasteiger partial charge is 0.234 e. The normalized spacial score (nSPS) is 17.9. The van der Waals surface area contributed by atoms with E-state index in [0.717, 1.165) is 50.9 Å². The number of aliphatic hydroxyl groups is 1. The summed E-state index contributed by atoms with van der Waals surface area (Å²) in [5.41, 5.74) is 0.921. The highest BCUT2D eigenvalue weighted by Crippen LogP contribution is 2.31. The quantitative estimate of drug-likeness (QED) is 0.751. The average Bonchev–Trinajstić information content (AvgIpc) is 2.56. The third-order valence-electron chi connectivity index (χ3n) is 4.51. The van der Waals surface area contributed by atoms with Gasteiger partial charge < -0.3 is 10.4 Å². The maximum absolute atomic E-state index is 11.8. The Hall–Kier alpha value is -1.10. The zero-order valence-electron chi connectivity index (χ0n) is 13.8. The summed E-state index contributed by atoms with van der Waals surface area (Å²) in [6.07, 6.45) is 3.49. The van der Waals surface area contributed by atoms with Crippen LogP contribution >= 0.6 is 11.6 Å². The van der Waals surface area contributed by atoms with Crippen molar-refractivity contribution in [1.29, 1.82) is 0 Å². The second-order valence-corrected chi connectivity index (χ2v) is 6.75. The van der Waals surface area contributed by atoms with Gasteiger partial charge in [0.05, 0.1) is 12.6 Å². The standard InChI is InChI=1S/C18H27ClN2O2/c1-2-3-10-20-17(22)13-21-11-8-15(9-12-21)18(23)14-4-6-16(19)7-5-14/h4-7,15,18,23H,2-3,8-13H2,1H3,(H,20,22). The Morgan fingerprint density at radius 2 is 2.00 bits per heavy atom. The van der Waals surface area contributed by atoms with Crippen LogP contribution in [0, 0.1) is 5.92 Å². The summed E-state index contributed by atoms with van der Waals surface area (Å²) in [4.78, 5) is 14.0. The first kappa shape index (κ1) is 18.2. The maximum Gasteiger partial charge on any atom is 0.234 e. The van der Waals surface area contributed by atoms with E-state index < -0.39 is 6.10 Å². The van der Waals surface area contributed by atoms with Gasteiger partial charge >= 0.3 is 0 Å². The van der Waals surface area contributed by atoms with E-state index in [1.54, 1.807) is 0 Å². The summed E-state index contributed by atoms with van der Waals surface area (Å²) in [5.74, 6) is 0.353. The minimum Gasteiger partial charge on any atom is -0.388 e. The molecule has 2 rings (SSSR count). The van der Waals surface area contributed by atoms with E-state index in [2.05, 4.69) is 17.1 Å². The summed E-state index contributed by atoms with van der Waals surface area (Å²) in [6, 6.07) is 7.41. The molecule has 1 atom stereocenters. The molecule has 1 amide bonds. The maximum atomic E-state index is 11.8. The second kappa shape index (κ2) is 9.26. The van der Waals surface area contributed by atoms with E-state index >= 15 is 0 Å². The number of hydrogen-bond acceptors (Lipinski definition) is 3. The second-order valence-electron chi connectivity index (χ2n) is 6.31. The fourth-order valence-corrected chi connectivity index (χ4v) is 3.15. The topological polar surface area (TPSA) is 52.6 Å². The molecule has 1 fully saturated rings. The number of aliphatic hydroxyl groups excluding tert-OH is 1. The first-order chi connectivity index (χ1) is 11.1. The predicted octanol–water partition coefficient (Wildman–Crippen LogP) is 3.00. The molecule has 0 saturated carbocycles. The summed E-state index contributed by atoms with van der Waals surface area (Å²) >= 11 is 5.89. The van der Waals surface area contributed by atoms with Crippen molar-refractivity contribution in [1.82, 2.24) is 10.2 Å². The number of unbranched alkanes of at least 4 members (excludes halogenated alkanes) is 1. The fraction of sp³-hybridized carbons (Fsp3) is 0.611. The molecule has 0 aliphatic carbocycles. The van der Waals surface area contributed by atoms with Crippen LogP contribution in [0.2, 0.25) is 5.02 Å². The number of carbonyl (C=O) groups excluding carboxylic acids is 1. The predicted molar refractivity (Wildman–Crippen MR) is 93.5 cm³/mol. The van der Waals surface area contributed by atoms with Crippen molar-refractivity contribution < 1.29 is 9.90 Å². The van der Waals surface area contributed by atoms with Gasteiger partial charge in [0.1, 0.15) is 0 Å². The monoisotopic (exact) mass is 338 g/mol. The summed E-state index contributed by atoms with van der Waals surface area (Å²) in [6.45, 7) is 5.06. The van der Waals surface area contributed by atoms with Crippen molar-refractivity contribution in [3.63, 3.8) is 0 Å². The van der Waals surface area contributed by atoms with Crippen LogP contribution in [0.5, 0.6) is 0 Å². The third kappa shape index (κ3) is 5.79. The lowest BCUT2D eigenvalue weighted by Crippen LogP contribution is -2.42. The molecule has 23 heavy (non-hydrogen) atoms. The van der Waals surface area contributed by atoms with Gasteiger partial charge in [0, 0.05) is 11.6 Å². The van der Waals surface area contributed by atoms with Crippen LogP contribution in [0.4, 0.5) is 0 Å². The Labute approximate surface area is 143 Å². The van der Waals surface area contributed by atoms with E-state index in [-0.39, 0.29) is 11.8 Å². The van der Waals surface area contributed by atoms with Crippen LogP contribution in [-0.4, -0.2) is 42.1 Å². The molecule has 5 heteroatoms. The zero-order valence-corrected chi connectivity index (χ0v) is 14.6. The van der Waals surface area contributed by atoms with Gasteiger partial charge in [-0.15, -0.1) is 0 Å². The highest BCUT2D eigenvalue weighted by molar-refractivity contribution is 6.30. The van der Waals surface area contributed by atoms with Gasteiger partial charge in [0.2, 0.25) is 5.91 Å². The highest BCUT2D eigenvalue weighted by atomic mass is 35.5. The molecule has 4 nitrogen and oxygen atoms in total. The number of nitrogens with zero attached hydrogens (tertiary/aromatic N) is 1. The number of likely N-dealkylation sites (tertiary alicyclic amines) is 1. The molecule has 1 saturated heterocycles. The summed E-state index contributed by atoms with van der Waals surface area (Å²) < 4.78 is 0. The molecule has 1 aromatic rings. The number of amides is 1. The zero-order chi connectivity index (χ0) is 16.7. The van der Waals surface area contributed by atoms with Crippen LogP contribution in [0.25, 0.3) is 0 Å². The van der Waals surface area contributed by atoms with Gasteiger partial charge in [-0.1, -0.05) is 37.1 Å². The largest absolute Gasteiger partial charge is 0.388 e. The van der Waals surface area contributed by atoms with E-state index in [9.17, 15) is 9.90 Å². The summed E-state index contributed by atoms with van der Waals surface area (Å²) in [5, 5.41) is 14.1. The molecule has 1 heterocycles.